The van der Waals surface area contributed by atoms with Crippen LogP contribution in [-0.4, -0.2) is 23.1 Å². The highest BCUT2D eigenvalue weighted by Crippen LogP contribution is 2.32. The van der Waals surface area contributed by atoms with Gasteiger partial charge in [0.1, 0.15) is 0 Å². The molecule has 0 aliphatic heterocycles. The van der Waals surface area contributed by atoms with Gasteiger partial charge in [-0.1, -0.05) is 30.3 Å². The van der Waals surface area contributed by atoms with Gasteiger partial charge < -0.3 is 0 Å². The summed E-state index contributed by atoms with van der Waals surface area (Å²) in [6.45, 7) is 0. The van der Waals surface area contributed by atoms with E-state index in [-0.39, 0.29) is 15.8 Å². The molecule has 5 nitrogen and oxygen atoms in total. The molecule has 0 saturated heterocycles. The van der Waals surface area contributed by atoms with E-state index in [1.54, 1.807) is 0 Å². The molecule has 122 valence electrons. The molecule has 2 aromatic rings. The summed E-state index contributed by atoms with van der Waals surface area (Å²) in [5, 5.41) is 0. The summed E-state index contributed by atoms with van der Waals surface area (Å²) in [5.74, 6) is 0. The minimum atomic E-state index is -3.78. The molecule has 1 aliphatic rings. The van der Waals surface area contributed by atoms with Gasteiger partial charge in [0, 0.05) is 12.3 Å². The summed E-state index contributed by atoms with van der Waals surface area (Å²) in [7, 11) is -7.24. The Morgan fingerprint density at radius 3 is 2.39 bits per heavy atom. The predicted octanol–water partition coefficient (Wildman–Crippen LogP) is 2.06. The van der Waals surface area contributed by atoms with Crippen LogP contribution in [0.4, 0.5) is 0 Å². The van der Waals surface area contributed by atoms with E-state index < -0.39 is 19.9 Å². The molecule has 0 heterocycles. The molecular formula is C16H17NO4S2. The molecule has 0 aromatic heterocycles. The number of aryl methyl sites for hydroxylation is 1. The fourth-order valence-electron chi connectivity index (χ4n) is 2.81. The second-order valence-corrected chi connectivity index (χ2v) is 9.39. The van der Waals surface area contributed by atoms with Gasteiger partial charge in [-0.25, -0.2) is 21.6 Å². The fraction of sp³-hybridized carbons (Fsp3) is 0.250. The third-order valence-electron chi connectivity index (χ3n) is 3.97. The summed E-state index contributed by atoms with van der Waals surface area (Å²) >= 11 is 0. The lowest BCUT2D eigenvalue weighted by atomic mass is 10.1. The van der Waals surface area contributed by atoms with Crippen molar-refractivity contribution in [2.45, 2.75) is 28.7 Å². The van der Waals surface area contributed by atoms with Crippen LogP contribution in [0, 0.1) is 0 Å². The normalized spacial score (nSPS) is 17.9. The summed E-state index contributed by atoms with van der Waals surface area (Å²) in [6, 6.07) is 12.9. The lowest BCUT2D eigenvalue weighted by molar-refractivity contribution is 0.554. The third kappa shape index (κ3) is 3.31. The fourth-order valence-corrected chi connectivity index (χ4v) is 4.84. The topological polar surface area (TPSA) is 80.3 Å². The Bertz CT molecular complexity index is 950. The van der Waals surface area contributed by atoms with Gasteiger partial charge in [-0.2, -0.15) is 0 Å². The number of hydrogen-bond acceptors (Lipinski definition) is 4. The maximum Gasteiger partial charge on any atom is 0.241 e. The van der Waals surface area contributed by atoms with Gasteiger partial charge in [0.2, 0.25) is 10.0 Å². The van der Waals surface area contributed by atoms with Crippen LogP contribution in [-0.2, 0) is 26.3 Å². The van der Waals surface area contributed by atoms with E-state index >= 15 is 0 Å². The molecule has 0 bridgehead atoms. The number of nitrogens with one attached hydrogen (secondary N) is 1. The number of rotatable bonds is 4. The Morgan fingerprint density at radius 1 is 0.957 bits per heavy atom. The van der Waals surface area contributed by atoms with Gasteiger partial charge >= 0.3 is 0 Å². The van der Waals surface area contributed by atoms with Crippen molar-refractivity contribution in [1.82, 2.24) is 4.72 Å². The van der Waals surface area contributed by atoms with E-state index in [9.17, 15) is 16.8 Å². The molecule has 1 unspecified atom stereocenters. The van der Waals surface area contributed by atoms with Gasteiger partial charge in [0.05, 0.1) is 9.79 Å². The van der Waals surface area contributed by atoms with Crippen LogP contribution >= 0.6 is 0 Å². The van der Waals surface area contributed by atoms with Crippen molar-refractivity contribution in [3.63, 3.8) is 0 Å². The number of sulfonamides is 1. The molecule has 1 atom stereocenters. The molecule has 0 saturated carbocycles. The number of benzene rings is 2. The van der Waals surface area contributed by atoms with Crippen LogP contribution in [0.5, 0.6) is 0 Å². The van der Waals surface area contributed by atoms with Crippen molar-refractivity contribution in [3.05, 3.63) is 59.7 Å². The van der Waals surface area contributed by atoms with Gasteiger partial charge in [-0.3, -0.25) is 0 Å². The quantitative estimate of drug-likeness (QED) is 0.914. The first-order valence-electron chi connectivity index (χ1n) is 7.18. The molecule has 0 radical (unpaired) electrons. The van der Waals surface area contributed by atoms with Gasteiger partial charge in [-0.15, -0.1) is 0 Å². The van der Waals surface area contributed by atoms with Crippen molar-refractivity contribution >= 4 is 19.9 Å². The van der Waals surface area contributed by atoms with Crippen molar-refractivity contribution in [3.8, 4) is 0 Å². The Hall–Kier alpha value is -1.70. The van der Waals surface area contributed by atoms with Gasteiger partial charge in [0.15, 0.2) is 9.84 Å². The van der Waals surface area contributed by atoms with Gasteiger partial charge in [-0.05, 0) is 42.2 Å². The molecule has 7 heteroatoms. The highest BCUT2D eigenvalue weighted by molar-refractivity contribution is 7.91. The summed E-state index contributed by atoms with van der Waals surface area (Å²) in [4.78, 5) is -0.0444. The van der Waals surface area contributed by atoms with E-state index in [0.717, 1.165) is 23.8 Å². The standard InChI is InChI=1S/C16H17NO4S2/c1-22(18,19)13-6-4-7-14(11-13)23(20,21)17-16-10-9-12-5-2-3-8-15(12)16/h2-8,11,16-17H,9-10H2,1H3. The van der Waals surface area contributed by atoms with Crippen molar-refractivity contribution in [2.75, 3.05) is 6.26 Å². The van der Waals surface area contributed by atoms with Crippen molar-refractivity contribution < 1.29 is 16.8 Å². The van der Waals surface area contributed by atoms with E-state index in [1.807, 2.05) is 24.3 Å². The predicted molar refractivity (Wildman–Crippen MR) is 87.4 cm³/mol. The van der Waals surface area contributed by atoms with E-state index in [2.05, 4.69) is 4.72 Å². The molecule has 0 fully saturated rings. The third-order valence-corrected chi connectivity index (χ3v) is 6.55. The van der Waals surface area contributed by atoms with Crippen LogP contribution in [0.3, 0.4) is 0 Å². The first-order chi connectivity index (χ1) is 10.8. The Kier molecular flexibility index (Phi) is 4.03. The molecule has 1 N–H and O–H groups in total. The lowest BCUT2D eigenvalue weighted by Gasteiger charge is -2.15. The van der Waals surface area contributed by atoms with Crippen LogP contribution < -0.4 is 4.72 Å². The first kappa shape index (κ1) is 16.2. The maximum absolute atomic E-state index is 12.6. The molecule has 2 aromatic carbocycles. The summed E-state index contributed by atoms with van der Waals surface area (Å²) in [6.07, 6.45) is 2.58. The van der Waals surface area contributed by atoms with Crippen LogP contribution in [0.1, 0.15) is 23.6 Å². The highest BCUT2D eigenvalue weighted by Gasteiger charge is 2.27. The minimum Gasteiger partial charge on any atom is -0.224 e. The molecule has 1 aliphatic carbocycles. The SMILES string of the molecule is CS(=O)(=O)c1cccc(S(=O)(=O)NC2CCc3ccccc32)c1. The number of fused-ring (bicyclic) bond motifs is 1. The first-order valence-corrected chi connectivity index (χ1v) is 10.5. The minimum absolute atomic E-state index is 0.00722. The highest BCUT2D eigenvalue weighted by atomic mass is 32.2. The van der Waals surface area contributed by atoms with Gasteiger partial charge in [0.25, 0.3) is 0 Å². The average Bonchev–Trinajstić information content (AvgIpc) is 2.89. The smallest absolute Gasteiger partial charge is 0.224 e. The monoisotopic (exact) mass is 351 g/mol. The largest absolute Gasteiger partial charge is 0.241 e. The average molecular weight is 351 g/mol. The van der Waals surface area contributed by atoms with E-state index in [0.29, 0.717) is 6.42 Å². The van der Waals surface area contributed by atoms with Crippen molar-refractivity contribution in [2.24, 2.45) is 0 Å². The summed E-state index contributed by atoms with van der Waals surface area (Å²) < 4.78 is 51.0. The zero-order chi connectivity index (χ0) is 16.7. The Labute approximate surface area is 136 Å². The van der Waals surface area contributed by atoms with E-state index in [4.69, 9.17) is 0 Å². The van der Waals surface area contributed by atoms with Crippen LogP contribution in [0.25, 0.3) is 0 Å². The van der Waals surface area contributed by atoms with Crippen LogP contribution in [0.15, 0.2) is 58.3 Å². The van der Waals surface area contributed by atoms with Crippen molar-refractivity contribution in [1.29, 1.82) is 0 Å². The second kappa shape index (κ2) is 5.74. The van der Waals surface area contributed by atoms with Crippen LogP contribution in [0.2, 0.25) is 0 Å². The molecule has 3 rings (SSSR count). The molecule has 0 amide bonds. The Morgan fingerprint density at radius 2 is 1.65 bits per heavy atom. The number of hydrogen-bond donors (Lipinski definition) is 1. The zero-order valence-corrected chi connectivity index (χ0v) is 14.2. The molecule has 23 heavy (non-hydrogen) atoms. The maximum atomic E-state index is 12.6. The molecular weight excluding hydrogens is 334 g/mol. The number of sulfone groups is 1. The summed E-state index contributed by atoms with van der Waals surface area (Å²) in [5.41, 5.74) is 2.13. The zero-order valence-electron chi connectivity index (χ0n) is 12.6. The molecule has 0 spiro atoms. The second-order valence-electron chi connectivity index (χ2n) is 5.66. The lowest BCUT2D eigenvalue weighted by Crippen LogP contribution is -2.27. The Balaban J connectivity index is 1.92. The van der Waals surface area contributed by atoms with E-state index in [1.165, 1.54) is 24.3 Å².